The van der Waals surface area contributed by atoms with Crippen molar-refractivity contribution in [2.75, 3.05) is 5.32 Å². The molecular formula is C29H21Cl2FN8O2. The predicted molar refractivity (Wildman–Crippen MR) is 158 cm³/mol. The number of nitrogens with one attached hydrogen (secondary N) is 1. The van der Waals surface area contributed by atoms with Crippen LogP contribution < -0.4 is 10.9 Å². The summed E-state index contributed by atoms with van der Waals surface area (Å²) >= 11 is 12.4. The molecule has 1 amide bonds. The van der Waals surface area contributed by atoms with Gasteiger partial charge in [-0.25, -0.2) is 14.1 Å². The van der Waals surface area contributed by atoms with Gasteiger partial charge in [0, 0.05) is 34.4 Å². The first-order valence-corrected chi connectivity index (χ1v) is 13.5. The molecule has 3 aromatic heterocycles. The van der Waals surface area contributed by atoms with Crippen LogP contribution in [0.3, 0.4) is 0 Å². The molecule has 0 aliphatic rings. The van der Waals surface area contributed by atoms with Gasteiger partial charge in [-0.1, -0.05) is 46.6 Å². The van der Waals surface area contributed by atoms with Crippen molar-refractivity contribution in [3.8, 4) is 16.9 Å². The van der Waals surface area contributed by atoms with Crippen LogP contribution in [-0.4, -0.2) is 40.2 Å². The molecule has 0 unspecified atom stereocenters. The van der Waals surface area contributed by atoms with Crippen LogP contribution in [0.2, 0.25) is 10.0 Å². The lowest BCUT2D eigenvalue weighted by molar-refractivity contribution is 0.101. The summed E-state index contributed by atoms with van der Waals surface area (Å²) in [5.74, 6) is -0.826. The standard InChI is InChI=1S/C29H21Cl2FN8O2/c1-17-33-27(36-40(17)26-14-19(30)6-8-23(26)31)28(41)34-20-7-9-24(32)22(15-20)25-16-39(37-35-25)13-12-38-11-10-18-4-2-3-5-21(18)29(38)42/h2-11,14-16H,12-13H2,1H3,(H,34,41). The Morgan fingerprint density at radius 1 is 1.02 bits per heavy atom. The van der Waals surface area contributed by atoms with Gasteiger partial charge >= 0.3 is 0 Å². The van der Waals surface area contributed by atoms with Gasteiger partial charge in [-0.05, 0) is 60.8 Å². The van der Waals surface area contributed by atoms with Crippen molar-refractivity contribution in [2.45, 2.75) is 20.0 Å². The van der Waals surface area contributed by atoms with E-state index < -0.39 is 11.7 Å². The number of carbonyl (C=O) groups is 1. The van der Waals surface area contributed by atoms with Crippen molar-refractivity contribution in [2.24, 2.45) is 0 Å². The van der Waals surface area contributed by atoms with Crippen molar-refractivity contribution in [3.63, 3.8) is 0 Å². The largest absolute Gasteiger partial charge is 0.319 e. The van der Waals surface area contributed by atoms with E-state index in [4.69, 9.17) is 23.2 Å². The molecule has 0 aliphatic heterocycles. The number of pyridine rings is 1. The number of halogens is 3. The first kappa shape index (κ1) is 27.3. The van der Waals surface area contributed by atoms with Gasteiger partial charge in [-0.15, -0.1) is 10.2 Å². The Morgan fingerprint density at radius 2 is 1.86 bits per heavy atom. The molecule has 42 heavy (non-hydrogen) atoms. The Labute approximate surface area is 247 Å². The van der Waals surface area contributed by atoms with Crippen LogP contribution in [-0.2, 0) is 13.1 Å². The summed E-state index contributed by atoms with van der Waals surface area (Å²) in [6.45, 7) is 2.37. The summed E-state index contributed by atoms with van der Waals surface area (Å²) in [5.41, 5.74) is 1.09. The zero-order valence-corrected chi connectivity index (χ0v) is 23.5. The second-order valence-corrected chi connectivity index (χ2v) is 10.3. The van der Waals surface area contributed by atoms with E-state index in [2.05, 4.69) is 25.7 Å². The molecular weight excluding hydrogens is 582 g/mol. The molecule has 1 N–H and O–H groups in total. The van der Waals surface area contributed by atoms with Crippen molar-refractivity contribution >= 4 is 45.6 Å². The Bertz CT molecular complexity index is 2030. The summed E-state index contributed by atoms with van der Waals surface area (Å²) in [4.78, 5) is 30.0. The highest BCUT2D eigenvalue weighted by Crippen LogP contribution is 2.26. The van der Waals surface area contributed by atoms with E-state index in [-0.39, 0.29) is 22.6 Å². The fraction of sp³-hybridized carbons (Fsp3) is 0.103. The summed E-state index contributed by atoms with van der Waals surface area (Å²) < 4.78 is 19.3. The highest BCUT2D eigenvalue weighted by molar-refractivity contribution is 6.34. The number of benzene rings is 3. The van der Waals surface area contributed by atoms with Gasteiger partial charge < -0.3 is 9.88 Å². The number of aromatic nitrogens is 7. The molecule has 0 saturated heterocycles. The van der Waals surface area contributed by atoms with E-state index in [0.29, 0.717) is 45.7 Å². The molecule has 210 valence electrons. The van der Waals surface area contributed by atoms with E-state index in [1.54, 1.807) is 48.1 Å². The third-order valence-corrected chi connectivity index (χ3v) is 7.16. The molecule has 10 nitrogen and oxygen atoms in total. The average molecular weight is 603 g/mol. The van der Waals surface area contributed by atoms with Crippen LogP contribution in [0, 0.1) is 12.7 Å². The van der Waals surface area contributed by atoms with Gasteiger partial charge in [0.1, 0.15) is 17.3 Å². The maximum atomic E-state index is 14.8. The van der Waals surface area contributed by atoms with Gasteiger partial charge in [0.2, 0.25) is 5.82 Å². The molecule has 13 heteroatoms. The Hall–Kier alpha value is -4.87. The number of nitrogens with zero attached hydrogens (tertiary/aromatic N) is 7. The molecule has 0 bridgehead atoms. The first-order valence-electron chi connectivity index (χ1n) is 12.8. The molecule has 6 aromatic rings. The van der Waals surface area contributed by atoms with Crippen molar-refractivity contribution < 1.29 is 9.18 Å². The summed E-state index contributed by atoms with van der Waals surface area (Å²) in [5, 5.41) is 17.5. The molecule has 6 rings (SSSR count). The molecule has 0 aliphatic carbocycles. The monoisotopic (exact) mass is 602 g/mol. The molecule has 0 radical (unpaired) electrons. The number of fused-ring (bicyclic) bond motifs is 1. The molecule has 3 aromatic carbocycles. The molecule has 0 atom stereocenters. The minimum absolute atomic E-state index is 0.104. The van der Waals surface area contributed by atoms with E-state index in [1.807, 2.05) is 24.3 Å². The molecule has 0 spiro atoms. The van der Waals surface area contributed by atoms with Gasteiger partial charge in [0.25, 0.3) is 11.5 Å². The smallest absolute Gasteiger partial charge is 0.295 e. The zero-order chi connectivity index (χ0) is 29.4. The number of hydrogen-bond acceptors (Lipinski definition) is 6. The van der Waals surface area contributed by atoms with Gasteiger partial charge in [-0.3, -0.25) is 14.3 Å². The van der Waals surface area contributed by atoms with E-state index >= 15 is 0 Å². The van der Waals surface area contributed by atoms with Crippen LogP contribution in [0.5, 0.6) is 0 Å². The number of rotatable bonds is 7. The van der Waals surface area contributed by atoms with Gasteiger partial charge in [-0.2, -0.15) is 0 Å². The molecule has 3 heterocycles. The lowest BCUT2D eigenvalue weighted by Gasteiger charge is -2.07. The fourth-order valence-electron chi connectivity index (χ4n) is 4.50. The number of hydrogen-bond donors (Lipinski definition) is 1. The third-order valence-electron chi connectivity index (χ3n) is 6.60. The van der Waals surface area contributed by atoms with Crippen molar-refractivity contribution in [3.05, 3.63) is 117 Å². The predicted octanol–water partition coefficient (Wildman–Crippen LogP) is 5.55. The lowest BCUT2D eigenvalue weighted by atomic mass is 10.1. The fourth-order valence-corrected chi connectivity index (χ4v) is 4.86. The second kappa shape index (κ2) is 11.2. The normalized spacial score (nSPS) is 11.2. The van der Waals surface area contributed by atoms with Crippen LogP contribution in [0.1, 0.15) is 16.4 Å². The minimum atomic E-state index is -0.600. The summed E-state index contributed by atoms with van der Waals surface area (Å²) in [6, 6.07) is 18.2. The quantitative estimate of drug-likeness (QED) is 0.256. The van der Waals surface area contributed by atoms with Crippen LogP contribution in [0.25, 0.3) is 27.7 Å². The van der Waals surface area contributed by atoms with E-state index in [1.165, 1.54) is 27.6 Å². The maximum Gasteiger partial charge on any atom is 0.295 e. The van der Waals surface area contributed by atoms with Crippen LogP contribution in [0.4, 0.5) is 10.1 Å². The van der Waals surface area contributed by atoms with E-state index in [9.17, 15) is 14.0 Å². The molecule has 0 saturated carbocycles. The zero-order valence-electron chi connectivity index (χ0n) is 22.0. The number of carbonyl (C=O) groups excluding carboxylic acids is 1. The highest BCUT2D eigenvalue weighted by Gasteiger charge is 2.19. The van der Waals surface area contributed by atoms with Gasteiger partial charge in [0.05, 0.1) is 23.5 Å². The lowest BCUT2D eigenvalue weighted by Crippen LogP contribution is -2.22. The van der Waals surface area contributed by atoms with Crippen LogP contribution in [0.15, 0.2) is 83.9 Å². The minimum Gasteiger partial charge on any atom is -0.319 e. The number of anilines is 1. The molecule has 0 fully saturated rings. The Balaban J connectivity index is 1.18. The SMILES string of the molecule is Cc1nc(C(=O)Nc2ccc(F)c(-c3cn(CCn4ccc5ccccc5c4=O)nn3)c2)nn1-c1cc(Cl)ccc1Cl. The summed E-state index contributed by atoms with van der Waals surface area (Å²) in [7, 11) is 0. The maximum absolute atomic E-state index is 14.8. The second-order valence-electron chi connectivity index (χ2n) is 9.41. The van der Waals surface area contributed by atoms with Crippen molar-refractivity contribution in [1.82, 2.24) is 34.3 Å². The first-order chi connectivity index (χ1) is 20.3. The highest BCUT2D eigenvalue weighted by atomic mass is 35.5. The Kier molecular flexibility index (Phi) is 7.27. The Morgan fingerprint density at radius 3 is 2.71 bits per heavy atom. The summed E-state index contributed by atoms with van der Waals surface area (Å²) in [6.07, 6.45) is 3.31. The number of amides is 1. The number of aryl methyl sites for hydroxylation is 3. The average Bonchev–Trinajstić information content (AvgIpc) is 3.62. The van der Waals surface area contributed by atoms with Gasteiger partial charge in [0.15, 0.2) is 0 Å². The third kappa shape index (κ3) is 5.39. The van der Waals surface area contributed by atoms with E-state index in [0.717, 1.165) is 5.39 Å². The van der Waals surface area contributed by atoms with Crippen molar-refractivity contribution in [1.29, 1.82) is 0 Å². The topological polar surface area (TPSA) is 113 Å². The van der Waals surface area contributed by atoms with Crippen LogP contribution >= 0.6 is 23.2 Å².